The van der Waals surface area contributed by atoms with Crippen LogP contribution in [0.3, 0.4) is 0 Å². The topological polar surface area (TPSA) is 116 Å². The summed E-state index contributed by atoms with van der Waals surface area (Å²) in [7, 11) is 1.62. The summed E-state index contributed by atoms with van der Waals surface area (Å²) in [5, 5.41) is 15.7. The van der Waals surface area contributed by atoms with Crippen LogP contribution in [-0.4, -0.2) is 62.6 Å². The molecule has 1 amide bonds. The van der Waals surface area contributed by atoms with Crippen molar-refractivity contribution in [2.24, 2.45) is 0 Å². The van der Waals surface area contributed by atoms with Gasteiger partial charge in [-0.1, -0.05) is 25.1 Å². The molecular formula is C23H25N7O3. The molecule has 4 aromatic rings. The Bertz CT molecular complexity index is 1220. The van der Waals surface area contributed by atoms with Crippen LogP contribution in [0.1, 0.15) is 35.2 Å². The van der Waals surface area contributed by atoms with Gasteiger partial charge >= 0.3 is 0 Å². The van der Waals surface area contributed by atoms with Crippen molar-refractivity contribution in [3.8, 4) is 17.1 Å². The van der Waals surface area contributed by atoms with Crippen molar-refractivity contribution in [1.82, 2.24) is 35.1 Å². The lowest BCUT2D eigenvalue weighted by Gasteiger charge is -2.07. The number of nitrogens with zero attached hydrogens (tertiary/aromatic N) is 6. The standard InChI is InChI=1S/C23H25N7O3/c1-3-9-24-23(31)19-7-8-20-27-28-21(30(20)29-19)13-16-5-4-6-17(12-16)22-25-14-18(15-26-22)33-11-10-32-2/h4-8,12,14-15H,3,9-11,13H2,1-2H3,(H,24,31). The highest BCUT2D eigenvalue weighted by Gasteiger charge is 2.13. The number of rotatable bonds is 10. The Hall–Kier alpha value is -3.92. The summed E-state index contributed by atoms with van der Waals surface area (Å²) < 4.78 is 12.1. The molecule has 0 saturated carbocycles. The number of carbonyl (C=O) groups is 1. The molecule has 170 valence electrons. The summed E-state index contributed by atoms with van der Waals surface area (Å²) in [5.74, 6) is 1.60. The molecule has 3 aromatic heterocycles. The van der Waals surface area contributed by atoms with Crippen LogP contribution in [-0.2, 0) is 11.2 Å². The van der Waals surface area contributed by atoms with Crippen LogP contribution in [0.25, 0.3) is 17.0 Å². The number of amides is 1. The van der Waals surface area contributed by atoms with Crippen LogP contribution in [0.4, 0.5) is 0 Å². The van der Waals surface area contributed by atoms with E-state index in [4.69, 9.17) is 9.47 Å². The van der Waals surface area contributed by atoms with Crippen LogP contribution in [0.5, 0.6) is 5.75 Å². The Morgan fingerprint density at radius 1 is 1.09 bits per heavy atom. The number of ether oxygens (including phenoxy) is 2. The van der Waals surface area contributed by atoms with Crippen molar-refractivity contribution in [3.05, 3.63) is 65.9 Å². The van der Waals surface area contributed by atoms with Crippen molar-refractivity contribution in [2.75, 3.05) is 26.9 Å². The highest BCUT2D eigenvalue weighted by atomic mass is 16.5. The van der Waals surface area contributed by atoms with Gasteiger partial charge < -0.3 is 14.8 Å². The molecule has 0 atom stereocenters. The molecule has 0 radical (unpaired) electrons. The second kappa shape index (κ2) is 10.6. The zero-order valence-corrected chi connectivity index (χ0v) is 18.6. The molecule has 0 aliphatic heterocycles. The molecule has 0 fully saturated rings. The number of nitrogens with one attached hydrogen (secondary N) is 1. The molecule has 1 N–H and O–H groups in total. The fourth-order valence-corrected chi connectivity index (χ4v) is 3.18. The Labute approximate surface area is 191 Å². The van der Waals surface area contributed by atoms with Crippen molar-refractivity contribution in [1.29, 1.82) is 0 Å². The third kappa shape index (κ3) is 5.47. The van der Waals surface area contributed by atoms with Crippen LogP contribution in [0, 0.1) is 0 Å². The predicted octanol–water partition coefficient (Wildman–Crippen LogP) is 2.34. The van der Waals surface area contributed by atoms with Crippen LogP contribution < -0.4 is 10.1 Å². The number of hydrogen-bond donors (Lipinski definition) is 1. The Morgan fingerprint density at radius 2 is 1.94 bits per heavy atom. The number of hydrogen-bond acceptors (Lipinski definition) is 8. The quantitative estimate of drug-likeness (QED) is 0.368. The molecule has 0 unspecified atom stereocenters. The minimum Gasteiger partial charge on any atom is -0.488 e. The van der Waals surface area contributed by atoms with Gasteiger partial charge in [0, 0.05) is 25.6 Å². The summed E-state index contributed by atoms with van der Waals surface area (Å²) in [5.41, 5.74) is 2.78. The molecule has 1 aromatic carbocycles. The van der Waals surface area contributed by atoms with E-state index < -0.39 is 0 Å². The summed E-state index contributed by atoms with van der Waals surface area (Å²) in [6.07, 6.45) is 4.63. The lowest BCUT2D eigenvalue weighted by Crippen LogP contribution is -2.25. The van der Waals surface area contributed by atoms with Gasteiger partial charge in [0.1, 0.15) is 12.3 Å². The maximum Gasteiger partial charge on any atom is 0.271 e. The lowest BCUT2D eigenvalue weighted by molar-refractivity contribution is 0.0947. The van der Waals surface area contributed by atoms with E-state index in [2.05, 4.69) is 30.6 Å². The number of carbonyl (C=O) groups excluding carboxylic acids is 1. The molecule has 3 heterocycles. The molecule has 0 aliphatic carbocycles. The van der Waals surface area contributed by atoms with E-state index in [1.807, 2.05) is 31.2 Å². The third-order valence-corrected chi connectivity index (χ3v) is 4.83. The Kier molecular flexibility index (Phi) is 7.16. The van der Waals surface area contributed by atoms with Gasteiger partial charge in [0.05, 0.1) is 19.0 Å². The molecule has 0 bridgehead atoms. The number of methoxy groups -OCH3 is 1. The maximum atomic E-state index is 12.3. The molecule has 0 saturated heterocycles. The second-order valence-corrected chi connectivity index (χ2v) is 7.32. The molecule has 0 spiro atoms. The minimum atomic E-state index is -0.216. The van der Waals surface area contributed by atoms with Crippen molar-refractivity contribution in [3.63, 3.8) is 0 Å². The number of fused-ring (bicyclic) bond motifs is 1. The highest BCUT2D eigenvalue weighted by Crippen LogP contribution is 2.19. The average Bonchev–Trinajstić information content (AvgIpc) is 3.25. The molecule has 33 heavy (non-hydrogen) atoms. The van der Waals surface area contributed by atoms with E-state index in [0.717, 1.165) is 17.5 Å². The summed E-state index contributed by atoms with van der Waals surface area (Å²) in [6, 6.07) is 11.3. The van der Waals surface area contributed by atoms with Gasteiger partial charge in [-0.15, -0.1) is 10.2 Å². The van der Waals surface area contributed by atoms with Gasteiger partial charge in [-0.05, 0) is 30.2 Å². The maximum absolute atomic E-state index is 12.3. The second-order valence-electron chi connectivity index (χ2n) is 7.32. The van der Waals surface area contributed by atoms with Crippen LogP contribution in [0.2, 0.25) is 0 Å². The first-order valence-electron chi connectivity index (χ1n) is 10.7. The molecular weight excluding hydrogens is 422 g/mol. The predicted molar refractivity (Wildman–Crippen MR) is 121 cm³/mol. The summed E-state index contributed by atoms with van der Waals surface area (Å²) in [4.78, 5) is 21.1. The zero-order valence-electron chi connectivity index (χ0n) is 18.6. The SMILES string of the molecule is CCCNC(=O)c1ccc2nnc(Cc3cccc(-c4ncc(OCCOC)cn4)c3)n2n1. The molecule has 4 rings (SSSR count). The smallest absolute Gasteiger partial charge is 0.271 e. The fourth-order valence-electron chi connectivity index (χ4n) is 3.18. The van der Waals surface area contributed by atoms with Crippen molar-refractivity contribution in [2.45, 2.75) is 19.8 Å². The van der Waals surface area contributed by atoms with E-state index in [1.165, 1.54) is 0 Å². The molecule has 10 heteroatoms. The van der Waals surface area contributed by atoms with E-state index in [9.17, 15) is 4.79 Å². The van der Waals surface area contributed by atoms with Gasteiger partial charge in [0.2, 0.25) is 0 Å². The Balaban J connectivity index is 1.52. The summed E-state index contributed by atoms with van der Waals surface area (Å²) in [6.45, 7) is 3.54. The monoisotopic (exact) mass is 447 g/mol. The first kappa shape index (κ1) is 22.3. The molecule has 0 aliphatic rings. The van der Waals surface area contributed by atoms with Crippen molar-refractivity contribution >= 4 is 11.6 Å². The summed E-state index contributed by atoms with van der Waals surface area (Å²) >= 11 is 0. The third-order valence-electron chi connectivity index (χ3n) is 4.83. The first-order valence-corrected chi connectivity index (χ1v) is 10.7. The minimum absolute atomic E-state index is 0.216. The average molecular weight is 447 g/mol. The number of aromatic nitrogens is 6. The van der Waals surface area contributed by atoms with Gasteiger partial charge in [-0.2, -0.15) is 9.61 Å². The van der Waals surface area contributed by atoms with Gasteiger partial charge in [0.15, 0.2) is 23.0 Å². The Morgan fingerprint density at radius 3 is 2.73 bits per heavy atom. The van der Waals surface area contributed by atoms with Crippen molar-refractivity contribution < 1.29 is 14.3 Å². The first-order chi connectivity index (χ1) is 16.2. The van der Waals surface area contributed by atoms with E-state index >= 15 is 0 Å². The zero-order chi connectivity index (χ0) is 23.0. The largest absolute Gasteiger partial charge is 0.488 e. The lowest BCUT2D eigenvalue weighted by atomic mass is 10.1. The highest BCUT2D eigenvalue weighted by molar-refractivity contribution is 5.92. The number of benzene rings is 1. The molecule has 10 nitrogen and oxygen atoms in total. The van der Waals surface area contributed by atoms with Gasteiger partial charge in [-0.25, -0.2) is 9.97 Å². The van der Waals surface area contributed by atoms with Crippen LogP contribution in [0.15, 0.2) is 48.8 Å². The van der Waals surface area contributed by atoms with Gasteiger partial charge in [0.25, 0.3) is 5.91 Å². The van der Waals surface area contributed by atoms with E-state index in [1.54, 1.807) is 36.2 Å². The fraction of sp³-hybridized carbons (Fsp3) is 0.304. The van der Waals surface area contributed by atoms with E-state index in [0.29, 0.717) is 54.9 Å². The normalized spacial score (nSPS) is 11.0. The van der Waals surface area contributed by atoms with E-state index in [-0.39, 0.29) is 5.91 Å². The van der Waals surface area contributed by atoms with Crippen LogP contribution >= 0.6 is 0 Å². The van der Waals surface area contributed by atoms with Gasteiger partial charge in [-0.3, -0.25) is 4.79 Å².